The van der Waals surface area contributed by atoms with Gasteiger partial charge in [-0.1, -0.05) is 0 Å². The molecule has 0 spiro atoms. The van der Waals surface area contributed by atoms with Crippen LogP contribution in [0.5, 0.6) is 0 Å². The molecule has 0 bridgehead atoms. The number of aromatic amines is 1. The second kappa shape index (κ2) is 5.09. The molecule has 2 aromatic heterocycles. The first kappa shape index (κ1) is 11.1. The number of rotatable bonds is 5. The van der Waals surface area contributed by atoms with Crippen molar-refractivity contribution in [3.05, 3.63) is 30.1 Å². The maximum Gasteiger partial charge on any atom is 0.137 e. The van der Waals surface area contributed by atoms with Crippen LogP contribution in [0.3, 0.4) is 0 Å². The molecule has 4 heteroatoms. The quantitative estimate of drug-likeness (QED) is 0.804. The predicted octanol–water partition coefficient (Wildman–Crippen LogP) is 1.69. The van der Waals surface area contributed by atoms with E-state index in [-0.39, 0.29) is 6.10 Å². The van der Waals surface area contributed by atoms with Gasteiger partial charge in [0.25, 0.3) is 0 Å². The smallest absolute Gasteiger partial charge is 0.137 e. The first-order chi connectivity index (χ1) is 7.81. The molecule has 0 fully saturated rings. The van der Waals surface area contributed by atoms with Gasteiger partial charge in [0.2, 0.25) is 0 Å². The molecule has 2 N–H and O–H groups in total. The molecule has 0 saturated carbocycles. The number of fused-ring (bicyclic) bond motifs is 1. The maximum atomic E-state index is 5.17. The first-order valence-electron chi connectivity index (χ1n) is 5.45. The zero-order valence-corrected chi connectivity index (χ0v) is 9.66. The van der Waals surface area contributed by atoms with Gasteiger partial charge in [-0.2, -0.15) is 0 Å². The first-order valence-corrected chi connectivity index (χ1v) is 5.45. The van der Waals surface area contributed by atoms with E-state index in [1.807, 2.05) is 19.2 Å². The average Bonchev–Trinajstić information content (AvgIpc) is 2.73. The van der Waals surface area contributed by atoms with Crippen LogP contribution >= 0.6 is 0 Å². The summed E-state index contributed by atoms with van der Waals surface area (Å²) in [6.07, 6.45) is 4.04. The molecule has 2 rings (SSSR count). The standard InChI is InChI=1S/C12H17N3O/c1-9(16-2)6-13-7-10-8-15-12-11(10)4-3-5-14-12/h3-5,8-9,13H,6-7H2,1-2H3,(H,14,15). The van der Waals surface area contributed by atoms with Crippen LogP contribution in [0, 0.1) is 0 Å². The lowest BCUT2D eigenvalue weighted by atomic mass is 10.2. The highest BCUT2D eigenvalue weighted by Crippen LogP contribution is 2.14. The van der Waals surface area contributed by atoms with Crippen molar-refractivity contribution in [3.63, 3.8) is 0 Å². The number of H-pyrrole nitrogens is 1. The highest BCUT2D eigenvalue weighted by Gasteiger charge is 2.04. The number of pyridine rings is 1. The number of hydrogen-bond acceptors (Lipinski definition) is 3. The highest BCUT2D eigenvalue weighted by molar-refractivity contribution is 5.79. The van der Waals surface area contributed by atoms with Crippen LogP contribution in [0.4, 0.5) is 0 Å². The molecule has 2 heterocycles. The van der Waals surface area contributed by atoms with Gasteiger partial charge in [-0.15, -0.1) is 0 Å². The second-order valence-corrected chi connectivity index (χ2v) is 3.89. The van der Waals surface area contributed by atoms with Crippen LogP contribution in [0.25, 0.3) is 11.0 Å². The van der Waals surface area contributed by atoms with Crippen molar-refractivity contribution in [2.75, 3.05) is 13.7 Å². The van der Waals surface area contributed by atoms with Crippen LogP contribution in [0.1, 0.15) is 12.5 Å². The summed E-state index contributed by atoms with van der Waals surface area (Å²) < 4.78 is 5.17. The Kier molecular flexibility index (Phi) is 3.54. The summed E-state index contributed by atoms with van der Waals surface area (Å²) in [7, 11) is 1.72. The van der Waals surface area contributed by atoms with Gasteiger partial charge in [-0.05, 0) is 24.6 Å². The van der Waals surface area contributed by atoms with Crippen molar-refractivity contribution in [3.8, 4) is 0 Å². The van der Waals surface area contributed by atoms with E-state index in [4.69, 9.17) is 4.74 Å². The van der Waals surface area contributed by atoms with Crippen LogP contribution in [0.2, 0.25) is 0 Å². The highest BCUT2D eigenvalue weighted by atomic mass is 16.5. The van der Waals surface area contributed by atoms with Gasteiger partial charge in [0.1, 0.15) is 5.65 Å². The Morgan fingerprint density at radius 3 is 3.25 bits per heavy atom. The van der Waals surface area contributed by atoms with Gasteiger partial charge >= 0.3 is 0 Å². The molecular weight excluding hydrogens is 202 g/mol. The lowest BCUT2D eigenvalue weighted by molar-refractivity contribution is 0.117. The molecule has 0 saturated heterocycles. The van der Waals surface area contributed by atoms with E-state index in [1.165, 1.54) is 10.9 Å². The summed E-state index contributed by atoms with van der Waals surface area (Å²) >= 11 is 0. The van der Waals surface area contributed by atoms with Gasteiger partial charge in [-0.25, -0.2) is 4.98 Å². The SMILES string of the molecule is COC(C)CNCc1c[nH]c2ncccc12. The monoisotopic (exact) mass is 219 g/mol. The molecule has 4 nitrogen and oxygen atoms in total. The van der Waals surface area contributed by atoms with Gasteiger partial charge in [0.05, 0.1) is 6.10 Å². The number of nitrogens with one attached hydrogen (secondary N) is 2. The summed E-state index contributed by atoms with van der Waals surface area (Å²) in [5.74, 6) is 0. The largest absolute Gasteiger partial charge is 0.380 e. The topological polar surface area (TPSA) is 49.9 Å². The molecule has 1 atom stereocenters. The Morgan fingerprint density at radius 1 is 1.56 bits per heavy atom. The summed E-state index contributed by atoms with van der Waals surface area (Å²) in [4.78, 5) is 7.41. The van der Waals surface area contributed by atoms with Crippen molar-refractivity contribution >= 4 is 11.0 Å². The Balaban J connectivity index is 1.99. The van der Waals surface area contributed by atoms with E-state index < -0.39 is 0 Å². The normalized spacial score (nSPS) is 13.1. The predicted molar refractivity (Wildman–Crippen MR) is 64.3 cm³/mol. The third-order valence-corrected chi connectivity index (χ3v) is 2.69. The molecule has 0 amide bonds. The summed E-state index contributed by atoms with van der Waals surface area (Å²) in [5, 5.41) is 4.54. The zero-order chi connectivity index (χ0) is 11.4. The molecule has 0 radical (unpaired) electrons. The molecule has 16 heavy (non-hydrogen) atoms. The maximum absolute atomic E-state index is 5.17. The van der Waals surface area contributed by atoms with E-state index in [0.29, 0.717) is 0 Å². The van der Waals surface area contributed by atoms with E-state index in [1.54, 1.807) is 13.3 Å². The molecule has 0 aromatic carbocycles. The van der Waals surface area contributed by atoms with Crippen molar-refractivity contribution < 1.29 is 4.74 Å². The van der Waals surface area contributed by atoms with Crippen LogP contribution < -0.4 is 5.32 Å². The van der Waals surface area contributed by atoms with Crippen LogP contribution in [-0.2, 0) is 11.3 Å². The molecule has 1 unspecified atom stereocenters. The average molecular weight is 219 g/mol. The minimum Gasteiger partial charge on any atom is -0.380 e. The fourth-order valence-corrected chi connectivity index (χ4v) is 1.65. The molecule has 0 aliphatic heterocycles. The van der Waals surface area contributed by atoms with E-state index in [2.05, 4.69) is 21.4 Å². The van der Waals surface area contributed by atoms with Gasteiger partial charge < -0.3 is 15.0 Å². The fourth-order valence-electron chi connectivity index (χ4n) is 1.65. The number of methoxy groups -OCH3 is 1. The number of nitrogens with zero attached hydrogens (tertiary/aromatic N) is 1. The third kappa shape index (κ3) is 2.40. The Labute approximate surface area is 95.0 Å². The Bertz CT molecular complexity index is 452. The van der Waals surface area contributed by atoms with Gasteiger partial charge in [0, 0.05) is 38.0 Å². The van der Waals surface area contributed by atoms with E-state index >= 15 is 0 Å². The van der Waals surface area contributed by atoms with Crippen molar-refractivity contribution in [2.45, 2.75) is 19.6 Å². The van der Waals surface area contributed by atoms with E-state index in [0.717, 1.165) is 18.7 Å². The number of aromatic nitrogens is 2. The van der Waals surface area contributed by atoms with E-state index in [9.17, 15) is 0 Å². The molecule has 0 aliphatic carbocycles. The minimum atomic E-state index is 0.239. The van der Waals surface area contributed by atoms with Gasteiger partial charge in [0.15, 0.2) is 0 Å². The molecule has 2 aromatic rings. The lowest BCUT2D eigenvalue weighted by Gasteiger charge is -2.09. The second-order valence-electron chi connectivity index (χ2n) is 3.89. The summed E-state index contributed by atoms with van der Waals surface area (Å²) in [6, 6.07) is 4.03. The number of hydrogen-bond donors (Lipinski definition) is 2. The molecular formula is C12H17N3O. The minimum absolute atomic E-state index is 0.239. The van der Waals surface area contributed by atoms with Crippen LogP contribution in [-0.4, -0.2) is 29.7 Å². The Morgan fingerprint density at radius 2 is 2.44 bits per heavy atom. The summed E-state index contributed by atoms with van der Waals surface area (Å²) in [6.45, 7) is 3.73. The van der Waals surface area contributed by atoms with Crippen molar-refractivity contribution in [1.29, 1.82) is 0 Å². The summed E-state index contributed by atoms with van der Waals surface area (Å²) in [5.41, 5.74) is 2.19. The third-order valence-electron chi connectivity index (χ3n) is 2.69. The van der Waals surface area contributed by atoms with Crippen molar-refractivity contribution in [1.82, 2.24) is 15.3 Å². The van der Waals surface area contributed by atoms with Gasteiger partial charge in [-0.3, -0.25) is 0 Å². The van der Waals surface area contributed by atoms with Crippen LogP contribution in [0.15, 0.2) is 24.5 Å². The zero-order valence-electron chi connectivity index (χ0n) is 9.66. The molecule has 86 valence electrons. The Hall–Kier alpha value is -1.39. The van der Waals surface area contributed by atoms with Crippen molar-refractivity contribution in [2.24, 2.45) is 0 Å². The fraction of sp³-hybridized carbons (Fsp3) is 0.417. The number of ether oxygens (including phenoxy) is 1. The molecule has 0 aliphatic rings. The lowest BCUT2D eigenvalue weighted by Crippen LogP contribution is -2.25.